The van der Waals surface area contributed by atoms with E-state index < -0.39 is 5.54 Å². The van der Waals surface area contributed by atoms with Gasteiger partial charge in [-0.25, -0.2) is 4.79 Å². The zero-order chi connectivity index (χ0) is 11.8. The second-order valence-electron chi connectivity index (χ2n) is 4.36. The molecule has 0 amide bonds. The SMILES string of the molecule is COC(=O)C1([NH3+])CCc2cc(Br)ccc2C1. The van der Waals surface area contributed by atoms with Gasteiger partial charge in [0.1, 0.15) is 0 Å². The number of carbonyl (C=O) groups excluding carboxylic acids is 1. The van der Waals surface area contributed by atoms with E-state index in [9.17, 15) is 4.79 Å². The second-order valence-corrected chi connectivity index (χ2v) is 5.28. The molecule has 1 aliphatic carbocycles. The van der Waals surface area contributed by atoms with Crippen LogP contribution in [-0.4, -0.2) is 18.6 Å². The molecule has 3 nitrogen and oxygen atoms in total. The Morgan fingerprint density at radius 1 is 1.50 bits per heavy atom. The van der Waals surface area contributed by atoms with Gasteiger partial charge < -0.3 is 10.5 Å². The molecule has 3 N–H and O–H groups in total. The average Bonchev–Trinajstić information content (AvgIpc) is 2.28. The Morgan fingerprint density at radius 3 is 2.94 bits per heavy atom. The minimum Gasteiger partial charge on any atom is -0.464 e. The summed E-state index contributed by atoms with van der Waals surface area (Å²) >= 11 is 3.45. The number of hydrogen-bond donors (Lipinski definition) is 1. The smallest absolute Gasteiger partial charge is 0.368 e. The van der Waals surface area contributed by atoms with Crippen LogP contribution in [0.3, 0.4) is 0 Å². The van der Waals surface area contributed by atoms with Gasteiger partial charge in [-0.1, -0.05) is 22.0 Å². The van der Waals surface area contributed by atoms with E-state index in [1.807, 2.05) is 6.07 Å². The van der Waals surface area contributed by atoms with Crippen LogP contribution in [0.5, 0.6) is 0 Å². The standard InChI is InChI=1S/C12H14BrNO2/c1-16-11(15)12(14)5-4-8-6-10(13)3-2-9(8)7-12/h2-3,6H,4-5,7,14H2,1H3/p+1. The van der Waals surface area contributed by atoms with E-state index in [-0.39, 0.29) is 5.97 Å². The summed E-state index contributed by atoms with van der Waals surface area (Å²) in [7, 11) is 1.42. The third kappa shape index (κ3) is 1.99. The maximum Gasteiger partial charge on any atom is 0.368 e. The first-order valence-electron chi connectivity index (χ1n) is 5.26. The number of aryl methyl sites for hydroxylation is 1. The molecular weight excluding hydrogens is 270 g/mol. The molecule has 0 spiro atoms. The Labute approximate surface area is 103 Å². The zero-order valence-electron chi connectivity index (χ0n) is 9.25. The molecule has 2 rings (SSSR count). The Hall–Kier alpha value is -0.870. The molecule has 1 aromatic carbocycles. The van der Waals surface area contributed by atoms with Gasteiger partial charge in [-0.05, 0) is 29.7 Å². The van der Waals surface area contributed by atoms with E-state index in [4.69, 9.17) is 4.74 Å². The largest absolute Gasteiger partial charge is 0.464 e. The highest BCUT2D eigenvalue weighted by Crippen LogP contribution is 2.28. The molecule has 0 bridgehead atoms. The van der Waals surface area contributed by atoms with E-state index in [0.717, 1.165) is 17.3 Å². The summed E-state index contributed by atoms with van der Waals surface area (Å²) in [5.74, 6) is -0.207. The lowest BCUT2D eigenvalue weighted by Gasteiger charge is -2.28. The fourth-order valence-electron chi connectivity index (χ4n) is 2.22. The zero-order valence-corrected chi connectivity index (χ0v) is 10.8. The summed E-state index contributed by atoms with van der Waals surface area (Å²) in [6.07, 6.45) is 2.30. The topological polar surface area (TPSA) is 53.9 Å². The van der Waals surface area contributed by atoms with Gasteiger partial charge >= 0.3 is 5.97 Å². The van der Waals surface area contributed by atoms with Gasteiger partial charge in [-0.3, -0.25) is 0 Å². The summed E-state index contributed by atoms with van der Waals surface area (Å²) in [4.78, 5) is 11.7. The molecular formula is C12H15BrNO2+. The van der Waals surface area contributed by atoms with Crippen molar-refractivity contribution in [1.29, 1.82) is 0 Å². The lowest BCUT2D eigenvalue weighted by atomic mass is 9.79. The molecule has 0 saturated carbocycles. The first kappa shape index (κ1) is 11.6. The number of quaternary nitrogens is 1. The number of ether oxygens (including phenoxy) is 1. The minimum absolute atomic E-state index is 0.207. The molecule has 0 fully saturated rings. The highest BCUT2D eigenvalue weighted by Gasteiger charge is 2.42. The lowest BCUT2D eigenvalue weighted by molar-refractivity contribution is -0.464. The Bertz CT molecular complexity index is 433. The van der Waals surface area contributed by atoms with Crippen molar-refractivity contribution in [3.63, 3.8) is 0 Å². The van der Waals surface area contributed by atoms with Gasteiger partial charge in [0, 0.05) is 17.3 Å². The number of carbonyl (C=O) groups is 1. The van der Waals surface area contributed by atoms with E-state index in [0.29, 0.717) is 6.42 Å². The maximum absolute atomic E-state index is 11.7. The van der Waals surface area contributed by atoms with Crippen LogP contribution in [0, 0.1) is 0 Å². The van der Waals surface area contributed by atoms with Gasteiger partial charge in [0.05, 0.1) is 7.11 Å². The molecule has 0 radical (unpaired) electrons. The molecule has 0 aromatic heterocycles. The third-order valence-corrected chi connectivity index (χ3v) is 3.68. The van der Waals surface area contributed by atoms with Crippen LogP contribution in [0.25, 0.3) is 0 Å². The fourth-order valence-corrected chi connectivity index (χ4v) is 2.63. The molecule has 0 saturated heterocycles. The molecule has 4 heteroatoms. The molecule has 1 atom stereocenters. The predicted molar refractivity (Wildman–Crippen MR) is 63.8 cm³/mol. The first-order chi connectivity index (χ1) is 7.55. The van der Waals surface area contributed by atoms with Gasteiger partial charge in [0.2, 0.25) is 0 Å². The van der Waals surface area contributed by atoms with Gasteiger partial charge in [-0.2, -0.15) is 0 Å². The van der Waals surface area contributed by atoms with E-state index in [2.05, 4.69) is 33.8 Å². The van der Waals surface area contributed by atoms with Crippen LogP contribution in [0.4, 0.5) is 0 Å². The monoisotopic (exact) mass is 284 g/mol. The van der Waals surface area contributed by atoms with Crippen molar-refractivity contribution in [1.82, 2.24) is 0 Å². The lowest BCUT2D eigenvalue weighted by Crippen LogP contribution is -2.78. The number of benzene rings is 1. The average molecular weight is 285 g/mol. The molecule has 86 valence electrons. The van der Waals surface area contributed by atoms with Crippen molar-refractivity contribution in [3.8, 4) is 0 Å². The summed E-state index contributed by atoms with van der Waals surface area (Å²) in [6.45, 7) is 0. The highest BCUT2D eigenvalue weighted by molar-refractivity contribution is 9.10. The molecule has 1 unspecified atom stereocenters. The fraction of sp³-hybridized carbons (Fsp3) is 0.417. The van der Waals surface area contributed by atoms with Crippen LogP contribution in [0.1, 0.15) is 17.5 Å². The summed E-state index contributed by atoms with van der Waals surface area (Å²) in [5.41, 5.74) is 5.94. The number of esters is 1. The Balaban J connectivity index is 2.30. The van der Waals surface area contributed by atoms with Crippen molar-refractivity contribution in [2.24, 2.45) is 0 Å². The molecule has 0 heterocycles. The van der Waals surface area contributed by atoms with Gasteiger partial charge in [-0.15, -0.1) is 0 Å². The number of hydrogen-bond acceptors (Lipinski definition) is 2. The third-order valence-electron chi connectivity index (χ3n) is 3.19. The van der Waals surface area contributed by atoms with Crippen LogP contribution in [0.2, 0.25) is 0 Å². The molecule has 0 aliphatic heterocycles. The number of rotatable bonds is 1. The first-order valence-corrected chi connectivity index (χ1v) is 6.05. The number of halogens is 1. The van der Waals surface area contributed by atoms with Crippen LogP contribution >= 0.6 is 15.9 Å². The summed E-state index contributed by atoms with van der Waals surface area (Å²) in [5, 5.41) is 0. The quantitative estimate of drug-likeness (QED) is 0.785. The molecule has 1 aliphatic rings. The van der Waals surface area contributed by atoms with Gasteiger partial charge in [0.15, 0.2) is 5.54 Å². The summed E-state index contributed by atoms with van der Waals surface area (Å²) in [6, 6.07) is 6.18. The maximum atomic E-state index is 11.7. The molecule has 16 heavy (non-hydrogen) atoms. The summed E-state index contributed by atoms with van der Waals surface area (Å²) < 4.78 is 5.90. The Kier molecular flexibility index (Phi) is 3.04. The van der Waals surface area contributed by atoms with Crippen molar-refractivity contribution in [3.05, 3.63) is 33.8 Å². The van der Waals surface area contributed by atoms with Crippen LogP contribution < -0.4 is 5.73 Å². The predicted octanol–water partition coefficient (Wildman–Crippen LogP) is 1.09. The van der Waals surface area contributed by atoms with Gasteiger partial charge in [0.25, 0.3) is 0 Å². The van der Waals surface area contributed by atoms with Crippen molar-refractivity contribution in [2.45, 2.75) is 24.8 Å². The van der Waals surface area contributed by atoms with Crippen LogP contribution in [0.15, 0.2) is 22.7 Å². The van der Waals surface area contributed by atoms with E-state index >= 15 is 0 Å². The number of methoxy groups -OCH3 is 1. The van der Waals surface area contributed by atoms with Crippen molar-refractivity contribution >= 4 is 21.9 Å². The van der Waals surface area contributed by atoms with E-state index in [1.165, 1.54) is 18.2 Å². The Morgan fingerprint density at radius 2 is 2.25 bits per heavy atom. The normalized spacial score (nSPS) is 23.7. The van der Waals surface area contributed by atoms with Crippen molar-refractivity contribution < 1.29 is 15.3 Å². The number of fused-ring (bicyclic) bond motifs is 1. The highest BCUT2D eigenvalue weighted by atomic mass is 79.9. The van der Waals surface area contributed by atoms with Crippen LogP contribution in [-0.2, 0) is 22.4 Å². The van der Waals surface area contributed by atoms with E-state index in [1.54, 1.807) is 0 Å². The molecule has 1 aromatic rings. The second kappa shape index (κ2) is 4.18. The van der Waals surface area contributed by atoms with Crippen molar-refractivity contribution in [2.75, 3.05) is 7.11 Å². The minimum atomic E-state index is -0.602.